The molecule has 0 atom stereocenters. The van der Waals surface area contributed by atoms with Crippen LogP contribution in [-0.2, 0) is 10.0 Å². The number of benzene rings is 1. The van der Waals surface area contributed by atoms with Crippen LogP contribution in [0.1, 0.15) is 30.1 Å². The van der Waals surface area contributed by atoms with E-state index in [1.165, 1.54) is 10.6 Å². The first-order valence-electron chi connectivity index (χ1n) is 7.44. The Labute approximate surface area is 144 Å². The summed E-state index contributed by atoms with van der Waals surface area (Å²) in [7, 11) is -3.20. The van der Waals surface area contributed by atoms with Gasteiger partial charge in [-0.25, -0.2) is 8.42 Å². The van der Waals surface area contributed by atoms with E-state index in [4.69, 9.17) is 5.73 Å². The Bertz CT molecular complexity index is 643. The van der Waals surface area contributed by atoms with E-state index in [1.807, 2.05) is 6.92 Å². The van der Waals surface area contributed by atoms with Crippen molar-refractivity contribution in [3.8, 4) is 0 Å². The molecule has 1 aromatic rings. The number of rotatable bonds is 4. The molecule has 8 heteroatoms. The van der Waals surface area contributed by atoms with Crippen molar-refractivity contribution in [3.63, 3.8) is 0 Å². The second-order valence-electron chi connectivity index (χ2n) is 5.62. The first-order chi connectivity index (χ1) is 10.3. The van der Waals surface area contributed by atoms with E-state index in [2.05, 4.69) is 0 Å². The van der Waals surface area contributed by atoms with Crippen LogP contribution in [0.25, 0.3) is 0 Å². The summed E-state index contributed by atoms with van der Waals surface area (Å²) in [5.74, 6) is -0.0480. The first kappa shape index (κ1) is 19.7. The summed E-state index contributed by atoms with van der Waals surface area (Å²) in [6.07, 6.45) is 2.56. The highest BCUT2D eigenvalue weighted by molar-refractivity contribution is 7.88. The zero-order chi connectivity index (χ0) is 16.3. The SMILES string of the molecule is CCN(C1CCN(C(=O)c2cccc(N)c2)CC1)S(C)(=O)=O.Cl. The molecule has 0 unspecified atom stereocenters. The highest BCUT2D eigenvalue weighted by Gasteiger charge is 2.30. The summed E-state index contributed by atoms with van der Waals surface area (Å²) in [6, 6.07) is 6.90. The van der Waals surface area contributed by atoms with Gasteiger partial charge >= 0.3 is 0 Å². The van der Waals surface area contributed by atoms with Crippen molar-refractivity contribution in [2.45, 2.75) is 25.8 Å². The average Bonchev–Trinajstić information content (AvgIpc) is 2.46. The zero-order valence-corrected chi connectivity index (χ0v) is 15.1. The molecule has 0 aliphatic carbocycles. The normalized spacial score (nSPS) is 16.2. The third kappa shape index (κ3) is 4.83. The Morgan fingerprint density at radius 3 is 2.43 bits per heavy atom. The molecule has 0 aromatic heterocycles. The van der Waals surface area contributed by atoms with E-state index >= 15 is 0 Å². The quantitative estimate of drug-likeness (QED) is 0.825. The van der Waals surface area contributed by atoms with E-state index < -0.39 is 10.0 Å². The van der Waals surface area contributed by atoms with Crippen molar-refractivity contribution in [1.29, 1.82) is 0 Å². The molecule has 1 saturated heterocycles. The lowest BCUT2D eigenvalue weighted by atomic mass is 10.0. The Hall–Kier alpha value is -1.31. The highest BCUT2D eigenvalue weighted by Crippen LogP contribution is 2.20. The molecule has 0 spiro atoms. The van der Waals surface area contributed by atoms with Crippen molar-refractivity contribution in [1.82, 2.24) is 9.21 Å². The summed E-state index contributed by atoms with van der Waals surface area (Å²) in [4.78, 5) is 14.2. The fraction of sp³-hybridized carbons (Fsp3) is 0.533. The molecular formula is C15H24ClN3O3S. The lowest BCUT2D eigenvalue weighted by molar-refractivity contribution is 0.0680. The molecule has 0 saturated carbocycles. The number of halogens is 1. The predicted octanol–water partition coefficient (Wildman–Crippen LogP) is 1.58. The van der Waals surface area contributed by atoms with Crippen LogP contribution in [0.4, 0.5) is 5.69 Å². The molecule has 1 aromatic carbocycles. The second-order valence-corrected chi connectivity index (χ2v) is 7.55. The van der Waals surface area contributed by atoms with Crippen LogP contribution in [0.2, 0.25) is 0 Å². The Morgan fingerprint density at radius 2 is 1.96 bits per heavy atom. The molecule has 1 heterocycles. The minimum Gasteiger partial charge on any atom is -0.399 e. The van der Waals surface area contributed by atoms with Gasteiger partial charge in [0.2, 0.25) is 10.0 Å². The molecule has 1 fully saturated rings. The molecule has 0 bridgehead atoms. The zero-order valence-electron chi connectivity index (χ0n) is 13.4. The lowest BCUT2D eigenvalue weighted by Crippen LogP contribution is -2.48. The van der Waals surface area contributed by atoms with Crippen molar-refractivity contribution in [2.75, 3.05) is 31.6 Å². The van der Waals surface area contributed by atoms with Crippen LogP contribution < -0.4 is 5.73 Å². The van der Waals surface area contributed by atoms with Gasteiger partial charge in [0.15, 0.2) is 0 Å². The van der Waals surface area contributed by atoms with Gasteiger partial charge in [-0.15, -0.1) is 12.4 Å². The minimum atomic E-state index is -3.20. The van der Waals surface area contributed by atoms with Crippen molar-refractivity contribution >= 4 is 34.0 Å². The van der Waals surface area contributed by atoms with Gasteiger partial charge in [0.05, 0.1) is 6.26 Å². The van der Waals surface area contributed by atoms with Gasteiger partial charge in [0.1, 0.15) is 0 Å². The Kier molecular flexibility index (Phi) is 6.85. The van der Waals surface area contributed by atoms with E-state index in [0.717, 1.165) is 0 Å². The van der Waals surface area contributed by atoms with Crippen LogP contribution in [-0.4, -0.2) is 55.5 Å². The number of carbonyl (C=O) groups is 1. The maximum absolute atomic E-state index is 12.4. The first-order valence-corrected chi connectivity index (χ1v) is 9.29. The number of anilines is 1. The van der Waals surface area contributed by atoms with Gasteiger partial charge in [-0.3, -0.25) is 4.79 Å². The monoisotopic (exact) mass is 361 g/mol. The third-order valence-corrected chi connectivity index (χ3v) is 5.44. The predicted molar refractivity (Wildman–Crippen MR) is 94.3 cm³/mol. The molecule has 2 N–H and O–H groups in total. The molecule has 23 heavy (non-hydrogen) atoms. The van der Waals surface area contributed by atoms with Crippen LogP contribution in [0.15, 0.2) is 24.3 Å². The van der Waals surface area contributed by atoms with E-state index in [-0.39, 0.29) is 24.4 Å². The number of hydrogen-bond acceptors (Lipinski definition) is 4. The number of piperidine rings is 1. The molecular weight excluding hydrogens is 338 g/mol. The Morgan fingerprint density at radius 1 is 1.35 bits per heavy atom. The number of hydrogen-bond donors (Lipinski definition) is 1. The van der Waals surface area contributed by atoms with Gasteiger partial charge in [0, 0.05) is 36.9 Å². The smallest absolute Gasteiger partial charge is 0.253 e. The molecule has 6 nitrogen and oxygen atoms in total. The molecule has 2 rings (SSSR count). The van der Waals surface area contributed by atoms with E-state index in [9.17, 15) is 13.2 Å². The fourth-order valence-electron chi connectivity index (χ4n) is 2.97. The molecule has 1 amide bonds. The highest BCUT2D eigenvalue weighted by atomic mass is 35.5. The standard InChI is InChI=1S/C15H23N3O3S.ClH/c1-3-18(22(2,20)21)14-7-9-17(10-8-14)15(19)12-5-4-6-13(16)11-12;/h4-6,11,14H,3,7-10,16H2,1-2H3;1H. The van der Waals surface area contributed by atoms with Crippen molar-refractivity contribution < 1.29 is 13.2 Å². The van der Waals surface area contributed by atoms with Gasteiger partial charge < -0.3 is 10.6 Å². The van der Waals surface area contributed by atoms with Gasteiger partial charge in [-0.1, -0.05) is 13.0 Å². The number of amides is 1. The summed E-state index contributed by atoms with van der Waals surface area (Å²) < 4.78 is 25.1. The van der Waals surface area contributed by atoms with Crippen molar-refractivity contribution in [3.05, 3.63) is 29.8 Å². The number of likely N-dealkylation sites (tertiary alicyclic amines) is 1. The molecule has 0 radical (unpaired) electrons. The summed E-state index contributed by atoms with van der Waals surface area (Å²) in [5, 5.41) is 0. The summed E-state index contributed by atoms with van der Waals surface area (Å²) in [6.45, 7) is 3.42. The Balaban J connectivity index is 0.00000264. The second kappa shape index (κ2) is 7.99. The third-order valence-electron chi connectivity index (χ3n) is 4.03. The van der Waals surface area contributed by atoms with Gasteiger partial charge in [-0.05, 0) is 31.0 Å². The van der Waals surface area contributed by atoms with Crippen LogP contribution in [0.3, 0.4) is 0 Å². The number of nitrogen functional groups attached to an aromatic ring is 1. The number of nitrogens with two attached hydrogens (primary N) is 1. The number of nitrogens with zero attached hydrogens (tertiary/aromatic N) is 2. The lowest BCUT2D eigenvalue weighted by Gasteiger charge is -2.36. The number of sulfonamides is 1. The van der Waals surface area contributed by atoms with Crippen LogP contribution in [0.5, 0.6) is 0 Å². The average molecular weight is 362 g/mol. The van der Waals surface area contributed by atoms with Crippen molar-refractivity contribution in [2.24, 2.45) is 0 Å². The topological polar surface area (TPSA) is 83.7 Å². The maximum Gasteiger partial charge on any atom is 0.253 e. The van der Waals surface area contributed by atoms with Gasteiger partial charge in [0.25, 0.3) is 5.91 Å². The molecule has 1 aliphatic rings. The largest absolute Gasteiger partial charge is 0.399 e. The summed E-state index contributed by atoms with van der Waals surface area (Å²) >= 11 is 0. The molecule has 1 aliphatic heterocycles. The number of carbonyl (C=O) groups excluding carboxylic acids is 1. The van der Waals surface area contributed by atoms with E-state index in [0.29, 0.717) is 43.7 Å². The minimum absolute atomic E-state index is 0. The van der Waals surface area contributed by atoms with Crippen LogP contribution in [0, 0.1) is 0 Å². The molecule has 130 valence electrons. The maximum atomic E-state index is 12.4. The van der Waals surface area contributed by atoms with E-state index in [1.54, 1.807) is 29.2 Å². The fourth-order valence-corrected chi connectivity index (χ4v) is 4.20. The van der Waals surface area contributed by atoms with Gasteiger partial charge in [-0.2, -0.15) is 4.31 Å². The summed E-state index contributed by atoms with van der Waals surface area (Å²) in [5.41, 5.74) is 6.85. The van der Waals surface area contributed by atoms with Crippen LogP contribution >= 0.6 is 12.4 Å².